The summed E-state index contributed by atoms with van der Waals surface area (Å²) in [5.41, 5.74) is 0.812. The number of halogens is 1. The van der Waals surface area contributed by atoms with Crippen LogP contribution in [0.1, 0.15) is 27.7 Å². The fourth-order valence-corrected chi connectivity index (χ4v) is 0.736. The highest BCUT2D eigenvalue weighted by atomic mass is 31.0. The Kier molecular flexibility index (Phi) is 4.60. The van der Waals surface area contributed by atoms with E-state index in [-0.39, 0.29) is 11.7 Å². The van der Waals surface area contributed by atoms with Gasteiger partial charge in [-0.1, -0.05) is 19.2 Å². The Hall–Kier alpha value is -0.160. The summed E-state index contributed by atoms with van der Waals surface area (Å²) in [6.07, 6.45) is 1.54. The van der Waals surface area contributed by atoms with Crippen molar-refractivity contribution in [2.24, 2.45) is 5.92 Å². The largest absolute Gasteiger partial charge is 0.207 e. The summed E-state index contributed by atoms with van der Waals surface area (Å²) in [7, 11) is 2.47. The van der Waals surface area contributed by atoms with Gasteiger partial charge in [-0.05, 0) is 31.4 Å². The van der Waals surface area contributed by atoms with Crippen molar-refractivity contribution in [3.63, 3.8) is 0 Å². The monoisotopic (exact) mass is 174 g/mol. The van der Waals surface area contributed by atoms with Crippen molar-refractivity contribution in [1.29, 1.82) is 0 Å². The number of hydrogen-bond donors (Lipinski definition) is 0. The van der Waals surface area contributed by atoms with Gasteiger partial charge in [0.2, 0.25) is 0 Å². The standard InChI is InChI=1S/C9H16FP/c1-6(2)8(4)9(10)5-7(3)11/h5-6H,11H2,1-4H3/b7-5+,9-8+. The summed E-state index contributed by atoms with van der Waals surface area (Å²) in [6.45, 7) is 7.66. The third-order valence-electron chi connectivity index (χ3n) is 1.60. The molecule has 0 saturated heterocycles. The third kappa shape index (κ3) is 4.31. The van der Waals surface area contributed by atoms with Gasteiger partial charge in [-0.15, -0.1) is 9.24 Å². The van der Waals surface area contributed by atoms with Crippen LogP contribution in [0, 0.1) is 5.92 Å². The van der Waals surface area contributed by atoms with E-state index in [2.05, 4.69) is 9.24 Å². The van der Waals surface area contributed by atoms with Crippen molar-refractivity contribution < 1.29 is 4.39 Å². The molecule has 11 heavy (non-hydrogen) atoms. The van der Waals surface area contributed by atoms with Crippen LogP contribution in [0.4, 0.5) is 4.39 Å². The average molecular weight is 174 g/mol. The summed E-state index contributed by atoms with van der Waals surface area (Å²) in [5.74, 6) is 0.183. The minimum absolute atomic E-state index is 0.104. The highest BCUT2D eigenvalue weighted by molar-refractivity contribution is 7.22. The van der Waals surface area contributed by atoms with E-state index in [0.717, 1.165) is 10.9 Å². The van der Waals surface area contributed by atoms with Gasteiger partial charge in [-0.3, -0.25) is 0 Å². The second-order valence-corrected chi connectivity index (χ2v) is 3.98. The van der Waals surface area contributed by atoms with E-state index >= 15 is 0 Å². The van der Waals surface area contributed by atoms with Crippen molar-refractivity contribution in [3.8, 4) is 0 Å². The maximum Gasteiger partial charge on any atom is 0.122 e. The Bertz CT molecular complexity index is 186. The topological polar surface area (TPSA) is 0 Å². The minimum Gasteiger partial charge on any atom is -0.207 e. The molecule has 0 aromatic rings. The molecule has 0 nitrogen and oxygen atoms in total. The van der Waals surface area contributed by atoms with E-state index in [4.69, 9.17) is 0 Å². The smallest absolute Gasteiger partial charge is 0.122 e. The molecule has 1 unspecified atom stereocenters. The molecule has 0 aromatic heterocycles. The van der Waals surface area contributed by atoms with Crippen LogP contribution >= 0.6 is 9.24 Å². The maximum atomic E-state index is 13.1. The predicted molar refractivity (Wildman–Crippen MR) is 52.1 cm³/mol. The first-order chi connectivity index (χ1) is 4.95. The zero-order valence-corrected chi connectivity index (χ0v) is 8.76. The third-order valence-corrected chi connectivity index (χ3v) is 1.76. The van der Waals surface area contributed by atoms with Crippen LogP contribution in [0.15, 0.2) is 22.8 Å². The molecule has 0 aromatic carbocycles. The molecular weight excluding hydrogens is 158 g/mol. The zero-order chi connectivity index (χ0) is 9.02. The normalized spacial score (nSPS) is 15.4. The Balaban J connectivity index is 4.54. The molecule has 0 radical (unpaired) electrons. The van der Waals surface area contributed by atoms with E-state index in [9.17, 15) is 4.39 Å². The van der Waals surface area contributed by atoms with Gasteiger partial charge in [0.05, 0.1) is 0 Å². The Morgan fingerprint density at radius 2 is 1.82 bits per heavy atom. The molecule has 0 rings (SSSR count). The highest BCUT2D eigenvalue weighted by Gasteiger charge is 2.02. The van der Waals surface area contributed by atoms with Crippen molar-refractivity contribution in [2.75, 3.05) is 0 Å². The summed E-state index contributed by atoms with van der Waals surface area (Å²) in [5, 5.41) is 0.919. The number of hydrogen-bond acceptors (Lipinski definition) is 0. The zero-order valence-electron chi connectivity index (χ0n) is 7.61. The molecule has 2 heteroatoms. The molecule has 0 bridgehead atoms. The molecule has 0 fully saturated rings. The predicted octanol–water partition coefficient (Wildman–Crippen LogP) is 3.66. The molecule has 0 N–H and O–H groups in total. The Labute approximate surface area is 70.8 Å². The van der Waals surface area contributed by atoms with E-state index in [0.29, 0.717) is 0 Å². The molecule has 0 amide bonds. The second kappa shape index (κ2) is 4.66. The first-order valence-corrected chi connectivity index (χ1v) is 4.33. The van der Waals surface area contributed by atoms with E-state index in [1.807, 2.05) is 27.7 Å². The molecule has 0 saturated carbocycles. The molecule has 0 heterocycles. The van der Waals surface area contributed by atoms with E-state index in [1.165, 1.54) is 0 Å². The van der Waals surface area contributed by atoms with Crippen LogP contribution in [0.25, 0.3) is 0 Å². The second-order valence-electron chi connectivity index (χ2n) is 3.07. The van der Waals surface area contributed by atoms with Gasteiger partial charge in [0, 0.05) is 0 Å². The lowest BCUT2D eigenvalue weighted by atomic mass is 10.0. The van der Waals surface area contributed by atoms with E-state index in [1.54, 1.807) is 6.08 Å². The van der Waals surface area contributed by atoms with Crippen molar-refractivity contribution in [3.05, 3.63) is 22.8 Å². The van der Waals surface area contributed by atoms with E-state index < -0.39 is 0 Å². The lowest BCUT2D eigenvalue weighted by Crippen LogP contribution is -1.90. The van der Waals surface area contributed by atoms with Crippen LogP contribution in [-0.4, -0.2) is 0 Å². The average Bonchev–Trinajstić information content (AvgIpc) is 1.84. The van der Waals surface area contributed by atoms with Crippen LogP contribution in [0.5, 0.6) is 0 Å². The minimum atomic E-state index is -0.104. The van der Waals surface area contributed by atoms with Crippen molar-refractivity contribution in [2.45, 2.75) is 27.7 Å². The molecule has 64 valence electrons. The van der Waals surface area contributed by atoms with Gasteiger partial charge in [0.15, 0.2) is 0 Å². The highest BCUT2D eigenvalue weighted by Crippen LogP contribution is 2.18. The SMILES string of the molecule is C/C(P)=C\C(F)=C(\C)C(C)C. The number of rotatable bonds is 2. The van der Waals surface area contributed by atoms with Crippen LogP contribution < -0.4 is 0 Å². The molecule has 0 aliphatic rings. The van der Waals surface area contributed by atoms with Crippen molar-refractivity contribution >= 4 is 9.24 Å². The van der Waals surface area contributed by atoms with Crippen molar-refractivity contribution in [1.82, 2.24) is 0 Å². The fourth-order valence-electron chi connectivity index (χ4n) is 0.589. The van der Waals surface area contributed by atoms with Gasteiger partial charge < -0.3 is 0 Å². The first-order valence-electron chi connectivity index (χ1n) is 3.75. The lowest BCUT2D eigenvalue weighted by Gasteiger charge is -2.04. The van der Waals surface area contributed by atoms with Crippen LogP contribution in [-0.2, 0) is 0 Å². The Morgan fingerprint density at radius 1 is 1.36 bits per heavy atom. The van der Waals surface area contributed by atoms with Gasteiger partial charge in [-0.2, -0.15) is 0 Å². The summed E-state index contributed by atoms with van der Waals surface area (Å²) < 4.78 is 13.1. The molecule has 0 spiro atoms. The molecular formula is C9H16FP. The lowest BCUT2D eigenvalue weighted by molar-refractivity contribution is 0.618. The van der Waals surface area contributed by atoms with Crippen LogP contribution in [0.2, 0.25) is 0 Å². The molecule has 1 atom stereocenters. The quantitative estimate of drug-likeness (QED) is 0.442. The molecule has 0 aliphatic heterocycles. The summed E-state index contributed by atoms with van der Waals surface area (Å²) in [4.78, 5) is 0. The van der Waals surface area contributed by atoms with Gasteiger partial charge in [0.1, 0.15) is 5.83 Å². The first kappa shape index (κ1) is 10.8. The van der Waals surface area contributed by atoms with Gasteiger partial charge >= 0.3 is 0 Å². The maximum absolute atomic E-state index is 13.1. The van der Waals surface area contributed by atoms with Crippen LogP contribution in [0.3, 0.4) is 0 Å². The summed E-state index contributed by atoms with van der Waals surface area (Å²) >= 11 is 0. The Morgan fingerprint density at radius 3 is 2.09 bits per heavy atom. The molecule has 0 aliphatic carbocycles. The van der Waals surface area contributed by atoms with Gasteiger partial charge in [-0.25, -0.2) is 4.39 Å². The fraction of sp³-hybridized carbons (Fsp3) is 0.556. The summed E-state index contributed by atoms with van der Waals surface area (Å²) in [6, 6.07) is 0. The number of allylic oxidation sites excluding steroid dienone is 4. The van der Waals surface area contributed by atoms with Gasteiger partial charge in [0.25, 0.3) is 0 Å².